The third kappa shape index (κ3) is 0.405. The zero-order valence-electron chi connectivity index (χ0n) is 2.66. The van der Waals surface area contributed by atoms with Crippen molar-refractivity contribution in [1.29, 1.82) is 0 Å². The van der Waals surface area contributed by atoms with Gasteiger partial charge in [-0.3, -0.25) is 0 Å². The molecule has 0 saturated carbocycles. The molecular weight excluding hydrogens is 108 g/mol. The van der Waals surface area contributed by atoms with Crippen molar-refractivity contribution in [2.75, 3.05) is 0 Å². The molecule has 1 heterocycles. The summed E-state index contributed by atoms with van der Waals surface area (Å²) in [6.45, 7) is 0. The molecule has 0 bridgehead atoms. The van der Waals surface area contributed by atoms with Crippen LogP contribution in [0.25, 0.3) is 0 Å². The number of aliphatic hydroxyl groups excluding tert-OH is 1. The Morgan fingerprint density at radius 3 is 1.83 bits per heavy atom. The van der Waals surface area contributed by atoms with Gasteiger partial charge in [-0.25, -0.2) is 4.18 Å². The molecule has 1 aliphatic rings. The molecule has 6 heavy (non-hydrogen) atoms. The van der Waals surface area contributed by atoms with E-state index in [1.807, 2.05) is 0 Å². The van der Waals surface area contributed by atoms with Crippen LogP contribution in [0.5, 0.6) is 0 Å². The summed E-state index contributed by atoms with van der Waals surface area (Å²) < 4.78 is 22.8. The molecule has 0 amide bonds. The predicted molar refractivity (Wildman–Crippen MR) is 16.0 cm³/mol. The predicted octanol–water partition coefficient (Wildman–Crippen LogP) is -1.38. The Morgan fingerprint density at radius 2 is 1.83 bits per heavy atom. The summed E-state index contributed by atoms with van der Waals surface area (Å²) in [6.07, 6.45) is 0. The molecule has 0 aromatic carbocycles. The van der Waals surface area contributed by atoms with Crippen molar-refractivity contribution in [3.8, 4) is 0 Å². The van der Waals surface area contributed by atoms with Gasteiger partial charge in [0.15, 0.2) is 0 Å². The third-order valence-electron chi connectivity index (χ3n) is 0.425. The van der Waals surface area contributed by atoms with E-state index in [2.05, 4.69) is 4.18 Å². The van der Waals surface area contributed by atoms with E-state index < -0.39 is 15.7 Å². The van der Waals surface area contributed by atoms with Crippen LogP contribution >= 0.6 is 0 Å². The van der Waals surface area contributed by atoms with Crippen LogP contribution in [0.15, 0.2) is 0 Å². The summed E-state index contributed by atoms with van der Waals surface area (Å²) in [4.78, 5) is 0. The Balaban J connectivity index is 2.92. The minimum Gasteiger partial charge on any atom is -0.353 e. The molecule has 0 aliphatic carbocycles. The van der Waals surface area contributed by atoms with Gasteiger partial charge >= 0.3 is 15.7 Å². The molecule has 1 saturated heterocycles. The fourth-order valence-electron chi connectivity index (χ4n) is 0.0921. The molecule has 1 fully saturated rings. The summed E-state index contributed by atoms with van der Waals surface area (Å²) in [7, 11) is -3.44. The highest BCUT2D eigenvalue weighted by Crippen LogP contribution is 2.19. The maximum atomic E-state index is 9.60. The zero-order valence-corrected chi connectivity index (χ0v) is 3.47. The number of rotatable bonds is 0. The van der Waals surface area contributed by atoms with E-state index in [9.17, 15) is 8.42 Å². The van der Waals surface area contributed by atoms with Crippen molar-refractivity contribution in [2.24, 2.45) is 0 Å². The van der Waals surface area contributed by atoms with Gasteiger partial charge in [0.25, 0.3) is 0 Å². The van der Waals surface area contributed by atoms with E-state index in [1.54, 1.807) is 0 Å². The van der Waals surface area contributed by atoms with Gasteiger partial charge < -0.3 is 5.11 Å². The molecule has 4 nitrogen and oxygen atoms in total. The number of hydrogen-bond acceptors (Lipinski definition) is 4. The quantitative estimate of drug-likeness (QED) is 0.390. The van der Waals surface area contributed by atoms with Crippen LogP contribution in [0.1, 0.15) is 0 Å². The average molecular weight is 110 g/mol. The van der Waals surface area contributed by atoms with Crippen molar-refractivity contribution in [1.82, 2.24) is 0 Å². The van der Waals surface area contributed by atoms with Gasteiger partial charge in [-0.15, -0.1) is 0 Å². The van der Waals surface area contributed by atoms with Gasteiger partial charge in [0.2, 0.25) is 0 Å². The molecular formula is CH2O4S. The molecule has 0 spiro atoms. The van der Waals surface area contributed by atoms with Gasteiger partial charge in [0, 0.05) is 0 Å². The van der Waals surface area contributed by atoms with Crippen LogP contribution in [0.4, 0.5) is 0 Å². The van der Waals surface area contributed by atoms with Crippen molar-refractivity contribution in [2.45, 2.75) is 5.62 Å². The highest BCUT2D eigenvalue weighted by Gasteiger charge is 2.44. The maximum absolute atomic E-state index is 9.60. The van der Waals surface area contributed by atoms with Gasteiger partial charge in [0.1, 0.15) is 0 Å². The minimum atomic E-state index is -3.44. The molecule has 0 aromatic rings. The fraction of sp³-hybridized carbons (Fsp3) is 1.00. The maximum Gasteiger partial charge on any atom is 0.325 e. The smallest absolute Gasteiger partial charge is 0.325 e. The highest BCUT2D eigenvalue weighted by molar-refractivity contribution is 7.92. The third-order valence-corrected chi connectivity index (χ3v) is 1.28. The van der Waals surface area contributed by atoms with E-state index >= 15 is 0 Å². The summed E-state index contributed by atoms with van der Waals surface area (Å²) >= 11 is 0. The monoisotopic (exact) mass is 110 g/mol. The first-order valence-corrected chi connectivity index (χ1v) is 2.70. The molecule has 1 atom stereocenters. The van der Waals surface area contributed by atoms with E-state index in [4.69, 9.17) is 5.11 Å². The van der Waals surface area contributed by atoms with E-state index in [1.165, 1.54) is 0 Å². The lowest BCUT2D eigenvalue weighted by Crippen LogP contribution is -1.79. The molecule has 1 unspecified atom stereocenters. The number of hydrogen-bond donors (Lipinski definition) is 1. The first-order valence-electron chi connectivity index (χ1n) is 1.23. The molecule has 5 heteroatoms. The van der Waals surface area contributed by atoms with Crippen LogP contribution in [-0.2, 0) is 14.3 Å². The van der Waals surface area contributed by atoms with Gasteiger partial charge in [0.05, 0.1) is 0 Å². The van der Waals surface area contributed by atoms with Crippen LogP contribution in [-0.4, -0.2) is 19.1 Å². The first-order chi connectivity index (χ1) is 2.63. The van der Waals surface area contributed by atoms with Crippen LogP contribution in [0.2, 0.25) is 0 Å². The molecule has 1 rings (SSSR count). The van der Waals surface area contributed by atoms with E-state index in [0.717, 1.165) is 0 Å². The fourth-order valence-corrected chi connectivity index (χ4v) is 0.469. The van der Waals surface area contributed by atoms with Gasteiger partial charge in [-0.1, -0.05) is 0 Å². The van der Waals surface area contributed by atoms with Gasteiger partial charge in [-0.05, 0) is 0 Å². The Labute approximate surface area is 34.5 Å². The van der Waals surface area contributed by atoms with Gasteiger partial charge in [-0.2, -0.15) is 8.42 Å². The lowest BCUT2D eigenvalue weighted by molar-refractivity contribution is 0.157. The lowest BCUT2D eigenvalue weighted by Gasteiger charge is -1.51. The van der Waals surface area contributed by atoms with E-state index in [0.29, 0.717) is 0 Å². The van der Waals surface area contributed by atoms with Crippen molar-refractivity contribution < 1.29 is 17.7 Å². The number of aliphatic hydroxyl groups is 1. The summed E-state index contributed by atoms with van der Waals surface area (Å²) in [5, 5.41) is 7.88. The SMILES string of the molecule is O=S1(=O)OC1O. The second-order valence-electron chi connectivity index (χ2n) is 0.896. The minimum absolute atomic E-state index is 1.53. The van der Waals surface area contributed by atoms with Crippen molar-refractivity contribution in [3.63, 3.8) is 0 Å². The standard InChI is InChI=1S/CH2O4S/c2-1-5-6(1,3)4/h1-2H. The highest BCUT2D eigenvalue weighted by atomic mass is 32.2. The molecule has 36 valence electrons. The molecule has 0 radical (unpaired) electrons. The van der Waals surface area contributed by atoms with Crippen LogP contribution in [0.3, 0.4) is 0 Å². The Morgan fingerprint density at radius 1 is 1.67 bits per heavy atom. The topological polar surface area (TPSA) is 66.9 Å². The molecule has 0 aromatic heterocycles. The Kier molecular flexibility index (Phi) is 0.504. The second kappa shape index (κ2) is 0.749. The van der Waals surface area contributed by atoms with Crippen molar-refractivity contribution in [3.05, 3.63) is 0 Å². The van der Waals surface area contributed by atoms with Crippen LogP contribution in [0, 0.1) is 0 Å². The lowest BCUT2D eigenvalue weighted by atomic mass is 11.5. The first kappa shape index (κ1) is 4.04. The molecule has 1 N–H and O–H groups in total. The average Bonchev–Trinajstić information content (AvgIpc) is 1.73. The van der Waals surface area contributed by atoms with Crippen LogP contribution < -0.4 is 0 Å². The largest absolute Gasteiger partial charge is 0.353 e. The Bertz CT molecular complexity index is 143. The molecule has 1 aliphatic heterocycles. The Hall–Kier alpha value is -0.130. The summed E-state index contributed by atoms with van der Waals surface area (Å²) in [5.74, 6) is 0. The van der Waals surface area contributed by atoms with E-state index in [-0.39, 0.29) is 0 Å². The second-order valence-corrected chi connectivity index (χ2v) is 2.48. The normalized spacial score (nSPS) is 39.2. The zero-order chi connectivity index (χ0) is 4.78. The summed E-state index contributed by atoms with van der Waals surface area (Å²) in [6, 6.07) is 0. The van der Waals surface area contributed by atoms with Crippen molar-refractivity contribution >= 4 is 10.1 Å². The summed E-state index contributed by atoms with van der Waals surface area (Å²) in [5.41, 5.74) is -1.53.